The van der Waals surface area contributed by atoms with Gasteiger partial charge in [0.15, 0.2) is 0 Å². The van der Waals surface area contributed by atoms with Gasteiger partial charge in [-0.15, -0.1) is 0 Å². The zero-order chi connectivity index (χ0) is 12.3. The largest absolute Gasteiger partial charge is 0.397 e. The number of rotatable bonds is 3. The summed E-state index contributed by atoms with van der Waals surface area (Å²) in [4.78, 5) is 2.42. The SMILES string of the molecule is CCN1CCCC(Nc2ccc(F)cc2N)C1. The Kier molecular flexibility index (Phi) is 3.84. The summed E-state index contributed by atoms with van der Waals surface area (Å²) < 4.78 is 12.9. The highest BCUT2D eigenvalue weighted by molar-refractivity contribution is 5.66. The molecule has 1 unspecified atom stereocenters. The van der Waals surface area contributed by atoms with Crippen LogP contribution < -0.4 is 11.1 Å². The number of likely N-dealkylation sites (N-methyl/N-ethyl adjacent to an activating group) is 1. The fourth-order valence-electron chi connectivity index (χ4n) is 2.35. The first-order valence-electron chi connectivity index (χ1n) is 6.23. The van der Waals surface area contributed by atoms with Crippen molar-refractivity contribution in [3.8, 4) is 0 Å². The van der Waals surface area contributed by atoms with Crippen molar-refractivity contribution in [3.63, 3.8) is 0 Å². The summed E-state index contributed by atoms with van der Waals surface area (Å²) in [5.41, 5.74) is 7.12. The molecule has 1 aliphatic rings. The molecule has 3 nitrogen and oxygen atoms in total. The van der Waals surface area contributed by atoms with Gasteiger partial charge in [-0.2, -0.15) is 0 Å². The van der Waals surface area contributed by atoms with Crippen LogP contribution >= 0.6 is 0 Å². The highest BCUT2D eigenvalue weighted by Gasteiger charge is 2.18. The predicted octanol–water partition coefficient (Wildman–Crippen LogP) is 2.30. The molecule has 1 atom stereocenters. The van der Waals surface area contributed by atoms with Gasteiger partial charge < -0.3 is 16.0 Å². The fourth-order valence-corrected chi connectivity index (χ4v) is 2.35. The van der Waals surface area contributed by atoms with E-state index in [0.29, 0.717) is 11.7 Å². The van der Waals surface area contributed by atoms with E-state index in [1.54, 1.807) is 6.07 Å². The van der Waals surface area contributed by atoms with E-state index in [4.69, 9.17) is 5.73 Å². The van der Waals surface area contributed by atoms with Gasteiger partial charge in [0.05, 0.1) is 11.4 Å². The highest BCUT2D eigenvalue weighted by atomic mass is 19.1. The third kappa shape index (κ3) is 3.09. The molecule has 3 N–H and O–H groups in total. The van der Waals surface area contributed by atoms with E-state index in [9.17, 15) is 4.39 Å². The molecular formula is C13H20FN3. The molecule has 1 aromatic carbocycles. The molecule has 0 aromatic heterocycles. The van der Waals surface area contributed by atoms with Crippen molar-refractivity contribution in [2.24, 2.45) is 0 Å². The Morgan fingerprint density at radius 2 is 2.35 bits per heavy atom. The van der Waals surface area contributed by atoms with Gasteiger partial charge in [-0.3, -0.25) is 0 Å². The number of nitrogens with zero attached hydrogens (tertiary/aromatic N) is 1. The Balaban J connectivity index is 2.00. The van der Waals surface area contributed by atoms with Crippen LogP contribution in [-0.4, -0.2) is 30.6 Å². The van der Waals surface area contributed by atoms with Crippen molar-refractivity contribution in [1.82, 2.24) is 4.90 Å². The molecule has 0 saturated carbocycles. The second-order valence-corrected chi connectivity index (χ2v) is 4.61. The lowest BCUT2D eigenvalue weighted by atomic mass is 10.1. The van der Waals surface area contributed by atoms with Gasteiger partial charge in [0, 0.05) is 12.6 Å². The number of hydrogen-bond acceptors (Lipinski definition) is 3. The van der Waals surface area contributed by atoms with E-state index in [2.05, 4.69) is 17.1 Å². The number of likely N-dealkylation sites (tertiary alicyclic amines) is 1. The van der Waals surface area contributed by atoms with Gasteiger partial charge in [0.25, 0.3) is 0 Å². The minimum atomic E-state index is -0.285. The maximum atomic E-state index is 12.9. The average Bonchev–Trinajstić information content (AvgIpc) is 2.33. The topological polar surface area (TPSA) is 41.3 Å². The zero-order valence-corrected chi connectivity index (χ0v) is 10.2. The molecule has 0 radical (unpaired) electrons. The molecule has 1 saturated heterocycles. The molecule has 0 aliphatic carbocycles. The Bertz CT molecular complexity index is 381. The summed E-state index contributed by atoms with van der Waals surface area (Å²) >= 11 is 0. The van der Waals surface area contributed by atoms with Crippen LogP contribution in [0.4, 0.5) is 15.8 Å². The maximum Gasteiger partial charge on any atom is 0.125 e. The van der Waals surface area contributed by atoms with E-state index >= 15 is 0 Å². The summed E-state index contributed by atoms with van der Waals surface area (Å²) in [5.74, 6) is -0.285. The normalized spacial score (nSPS) is 21.4. The number of hydrogen-bond donors (Lipinski definition) is 2. The minimum absolute atomic E-state index is 0.285. The summed E-state index contributed by atoms with van der Waals surface area (Å²) in [7, 11) is 0. The Morgan fingerprint density at radius 1 is 1.53 bits per heavy atom. The summed E-state index contributed by atoms with van der Waals surface area (Å²) in [6, 6.07) is 4.94. The minimum Gasteiger partial charge on any atom is -0.397 e. The van der Waals surface area contributed by atoms with Crippen LogP contribution in [0.25, 0.3) is 0 Å². The summed E-state index contributed by atoms with van der Waals surface area (Å²) in [6.07, 6.45) is 2.35. The number of anilines is 2. The van der Waals surface area contributed by atoms with E-state index in [0.717, 1.165) is 25.2 Å². The first kappa shape index (κ1) is 12.2. The number of nitrogen functional groups attached to an aromatic ring is 1. The lowest BCUT2D eigenvalue weighted by molar-refractivity contribution is 0.227. The molecule has 1 aliphatic heterocycles. The molecule has 1 aromatic rings. The van der Waals surface area contributed by atoms with Crippen molar-refractivity contribution in [3.05, 3.63) is 24.0 Å². The average molecular weight is 237 g/mol. The van der Waals surface area contributed by atoms with Crippen molar-refractivity contribution >= 4 is 11.4 Å². The van der Waals surface area contributed by atoms with Gasteiger partial charge in [-0.1, -0.05) is 6.92 Å². The fraction of sp³-hybridized carbons (Fsp3) is 0.538. The van der Waals surface area contributed by atoms with Crippen molar-refractivity contribution in [2.45, 2.75) is 25.8 Å². The quantitative estimate of drug-likeness (QED) is 0.793. The zero-order valence-electron chi connectivity index (χ0n) is 10.2. The predicted molar refractivity (Wildman–Crippen MR) is 69.6 cm³/mol. The van der Waals surface area contributed by atoms with Crippen LogP contribution in [0.5, 0.6) is 0 Å². The van der Waals surface area contributed by atoms with Gasteiger partial charge in [0.2, 0.25) is 0 Å². The molecule has 0 spiro atoms. The first-order valence-corrected chi connectivity index (χ1v) is 6.23. The van der Waals surface area contributed by atoms with Gasteiger partial charge in [0.1, 0.15) is 5.82 Å². The number of nitrogens with two attached hydrogens (primary N) is 1. The lowest BCUT2D eigenvalue weighted by Crippen LogP contribution is -2.41. The van der Waals surface area contributed by atoms with E-state index in [-0.39, 0.29) is 5.82 Å². The standard InChI is InChI=1S/C13H20FN3/c1-2-17-7-3-4-11(9-17)16-13-6-5-10(14)8-12(13)15/h5-6,8,11,16H,2-4,7,9,15H2,1H3. The van der Waals surface area contributed by atoms with E-state index in [1.165, 1.54) is 25.1 Å². The Labute approximate surface area is 102 Å². The Hall–Kier alpha value is -1.29. The second-order valence-electron chi connectivity index (χ2n) is 4.61. The molecule has 94 valence electrons. The van der Waals surface area contributed by atoms with E-state index in [1.807, 2.05) is 0 Å². The van der Waals surface area contributed by atoms with Crippen molar-refractivity contribution in [1.29, 1.82) is 0 Å². The monoisotopic (exact) mass is 237 g/mol. The molecule has 2 rings (SSSR count). The van der Waals surface area contributed by atoms with Crippen molar-refractivity contribution in [2.75, 3.05) is 30.7 Å². The lowest BCUT2D eigenvalue weighted by Gasteiger charge is -2.33. The second kappa shape index (κ2) is 5.36. The van der Waals surface area contributed by atoms with Crippen molar-refractivity contribution < 1.29 is 4.39 Å². The molecule has 1 fully saturated rings. The van der Waals surface area contributed by atoms with Gasteiger partial charge in [-0.05, 0) is 44.1 Å². The third-order valence-electron chi connectivity index (χ3n) is 3.33. The van der Waals surface area contributed by atoms with E-state index < -0.39 is 0 Å². The van der Waals surface area contributed by atoms with Gasteiger partial charge in [-0.25, -0.2) is 4.39 Å². The number of halogens is 1. The van der Waals surface area contributed by atoms with Crippen LogP contribution in [0.15, 0.2) is 18.2 Å². The molecular weight excluding hydrogens is 217 g/mol. The van der Waals surface area contributed by atoms with Crippen LogP contribution in [0.3, 0.4) is 0 Å². The van der Waals surface area contributed by atoms with Gasteiger partial charge >= 0.3 is 0 Å². The number of nitrogens with one attached hydrogen (secondary N) is 1. The molecule has 0 bridgehead atoms. The van der Waals surface area contributed by atoms with Crippen LogP contribution in [0.2, 0.25) is 0 Å². The number of benzene rings is 1. The molecule has 4 heteroatoms. The molecule has 17 heavy (non-hydrogen) atoms. The summed E-state index contributed by atoms with van der Waals surface area (Å²) in [5, 5.41) is 3.41. The number of piperidine rings is 1. The summed E-state index contributed by atoms with van der Waals surface area (Å²) in [6.45, 7) is 5.46. The molecule has 1 heterocycles. The smallest absolute Gasteiger partial charge is 0.125 e. The maximum absolute atomic E-state index is 12.9. The van der Waals surface area contributed by atoms with Crippen LogP contribution in [0, 0.1) is 5.82 Å². The molecule has 0 amide bonds. The van der Waals surface area contributed by atoms with Crippen LogP contribution in [0.1, 0.15) is 19.8 Å². The third-order valence-corrected chi connectivity index (χ3v) is 3.33. The first-order chi connectivity index (χ1) is 8.19. The Morgan fingerprint density at radius 3 is 3.06 bits per heavy atom. The van der Waals surface area contributed by atoms with Crippen LogP contribution in [-0.2, 0) is 0 Å². The highest BCUT2D eigenvalue weighted by Crippen LogP contribution is 2.22.